The molecule has 0 aliphatic rings. The summed E-state index contributed by atoms with van der Waals surface area (Å²) in [5, 5.41) is 0.949. The maximum atomic E-state index is 12.3. The molecule has 0 radical (unpaired) electrons. The Bertz CT molecular complexity index is 734. The third-order valence-corrected chi connectivity index (χ3v) is 3.07. The fraction of sp³-hybridized carbons (Fsp3) is 0.133. The zero-order chi connectivity index (χ0) is 12.7. The molecule has 0 aliphatic heterocycles. The number of hydrogen-bond donors (Lipinski definition) is 1. The lowest BCUT2D eigenvalue weighted by Gasteiger charge is -1.96. The molecule has 0 amide bonds. The summed E-state index contributed by atoms with van der Waals surface area (Å²) < 4.78 is 5.18. The highest BCUT2D eigenvalue weighted by molar-refractivity contribution is 6.16. The molecule has 0 saturated carbocycles. The number of aromatic amines is 1. The van der Waals surface area contributed by atoms with E-state index in [-0.39, 0.29) is 5.78 Å². The Morgan fingerprint density at radius 2 is 2.06 bits per heavy atom. The van der Waals surface area contributed by atoms with Crippen LogP contribution < -0.4 is 0 Å². The minimum Gasteiger partial charge on any atom is -0.469 e. The Morgan fingerprint density at radius 1 is 1.22 bits per heavy atom. The fourth-order valence-corrected chi connectivity index (χ4v) is 2.15. The van der Waals surface area contributed by atoms with Crippen molar-refractivity contribution in [2.24, 2.45) is 0 Å². The number of aryl methyl sites for hydroxylation is 2. The third-order valence-electron chi connectivity index (χ3n) is 3.07. The van der Waals surface area contributed by atoms with Crippen LogP contribution in [0.25, 0.3) is 10.9 Å². The van der Waals surface area contributed by atoms with Crippen LogP contribution in [0.15, 0.2) is 41.1 Å². The molecule has 0 saturated heterocycles. The first-order valence-electron chi connectivity index (χ1n) is 5.83. The van der Waals surface area contributed by atoms with Gasteiger partial charge in [-0.3, -0.25) is 4.79 Å². The van der Waals surface area contributed by atoms with Crippen molar-refractivity contribution in [2.75, 3.05) is 0 Å². The van der Waals surface area contributed by atoms with Gasteiger partial charge in [0.15, 0.2) is 5.78 Å². The molecule has 1 aromatic carbocycles. The van der Waals surface area contributed by atoms with Gasteiger partial charge in [-0.15, -0.1) is 0 Å². The highest BCUT2D eigenvalue weighted by atomic mass is 16.3. The summed E-state index contributed by atoms with van der Waals surface area (Å²) in [5.74, 6) is 0.732. The van der Waals surface area contributed by atoms with Gasteiger partial charge >= 0.3 is 0 Å². The Kier molecular flexibility index (Phi) is 2.33. The molecule has 0 spiro atoms. The van der Waals surface area contributed by atoms with E-state index < -0.39 is 0 Å². The standard InChI is InChI=1S/C15H13NO2/c1-9-3-4-12-13(7-16-14(12)5-9)15(17)11-6-10(2)18-8-11/h3-8,16H,1-2H3. The van der Waals surface area contributed by atoms with Crippen molar-refractivity contribution in [3.05, 3.63) is 59.2 Å². The van der Waals surface area contributed by atoms with E-state index in [2.05, 4.69) is 4.98 Å². The summed E-state index contributed by atoms with van der Waals surface area (Å²) in [5.41, 5.74) is 3.43. The molecule has 3 aromatic rings. The van der Waals surface area contributed by atoms with Crippen LogP contribution in [-0.2, 0) is 0 Å². The van der Waals surface area contributed by atoms with E-state index in [9.17, 15) is 4.79 Å². The lowest BCUT2D eigenvalue weighted by molar-refractivity contribution is 0.103. The number of hydrogen-bond acceptors (Lipinski definition) is 2. The highest BCUT2D eigenvalue weighted by Crippen LogP contribution is 2.22. The molecule has 0 unspecified atom stereocenters. The minimum absolute atomic E-state index is 0.0121. The summed E-state index contributed by atoms with van der Waals surface area (Å²) in [6.45, 7) is 3.86. The number of aromatic nitrogens is 1. The number of benzene rings is 1. The van der Waals surface area contributed by atoms with E-state index in [0.717, 1.165) is 16.7 Å². The van der Waals surface area contributed by atoms with Crippen molar-refractivity contribution >= 4 is 16.7 Å². The molecule has 0 bridgehead atoms. The molecule has 3 heteroatoms. The number of ketones is 1. The predicted molar refractivity (Wildman–Crippen MR) is 69.9 cm³/mol. The topological polar surface area (TPSA) is 46.0 Å². The molecular weight excluding hydrogens is 226 g/mol. The maximum Gasteiger partial charge on any atom is 0.198 e. The van der Waals surface area contributed by atoms with Gasteiger partial charge in [-0.2, -0.15) is 0 Å². The second-order valence-electron chi connectivity index (χ2n) is 4.53. The van der Waals surface area contributed by atoms with Gasteiger partial charge in [-0.25, -0.2) is 0 Å². The summed E-state index contributed by atoms with van der Waals surface area (Å²) in [7, 11) is 0. The quantitative estimate of drug-likeness (QED) is 0.694. The van der Waals surface area contributed by atoms with Crippen LogP contribution in [0.4, 0.5) is 0 Å². The monoisotopic (exact) mass is 239 g/mol. The minimum atomic E-state index is -0.0121. The van der Waals surface area contributed by atoms with E-state index in [1.165, 1.54) is 11.8 Å². The zero-order valence-corrected chi connectivity index (χ0v) is 10.3. The average molecular weight is 239 g/mol. The van der Waals surface area contributed by atoms with E-state index in [0.29, 0.717) is 11.1 Å². The fourth-order valence-electron chi connectivity index (χ4n) is 2.15. The lowest BCUT2D eigenvalue weighted by atomic mass is 10.0. The summed E-state index contributed by atoms with van der Waals surface area (Å²) in [4.78, 5) is 15.5. The van der Waals surface area contributed by atoms with Crippen molar-refractivity contribution < 1.29 is 9.21 Å². The van der Waals surface area contributed by atoms with Crippen LogP contribution in [-0.4, -0.2) is 10.8 Å². The average Bonchev–Trinajstić information content (AvgIpc) is 2.94. The second kappa shape index (κ2) is 3.88. The van der Waals surface area contributed by atoms with Gasteiger partial charge < -0.3 is 9.40 Å². The van der Waals surface area contributed by atoms with Gasteiger partial charge in [0.05, 0.1) is 5.56 Å². The summed E-state index contributed by atoms with van der Waals surface area (Å²) >= 11 is 0. The first-order valence-corrected chi connectivity index (χ1v) is 5.83. The molecule has 0 fully saturated rings. The molecule has 0 atom stereocenters. The molecule has 2 aromatic heterocycles. The third kappa shape index (κ3) is 1.64. The Labute approximate surface area is 104 Å². The van der Waals surface area contributed by atoms with Crippen molar-refractivity contribution in [1.29, 1.82) is 0 Å². The normalized spacial score (nSPS) is 11.0. The van der Waals surface area contributed by atoms with Crippen LogP contribution in [0.2, 0.25) is 0 Å². The molecule has 2 heterocycles. The summed E-state index contributed by atoms with van der Waals surface area (Å²) in [6, 6.07) is 7.77. The molecule has 3 nitrogen and oxygen atoms in total. The number of carbonyl (C=O) groups is 1. The first kappa shape index (κ1) is 10.8. The molecule has 18 heavy (non-hydrogen) atoms. The SMILES string of the molecule is Cc1ccc2c(C(=O)c3coc(C)c3)c[nH]c2c1. The van der Waals surface area contributed by atoms with Crippen molar-refractivity contribution in [1.82, 2.24) is 4.98 Å². The van der Waals surface area contributed by atoms with Gasteiger partial charge in [0.25, 0.3) is 0 Å². The largest absolute Gasteiger partial charge is 0.469 e. The molecule has 0 aliphatic carbocycles. The number of fused-ring (bicyclic) bond motifs is 1. The summed E-state index contributed by atoms with van der Waals surface area (Å²) in [6.07, 6.45) is 3.26. The maximum absolute atomic E-state index is 12.3. The van der Waals surface area contributed by atoms with Crippen LogP contribution in [0.3, 0.4) is 0 Å². The van der Waals surface area contributed by atoms with Gasteiger partial charge in [0.1, 0.15) is 12.0 Å². The van der Waals surface area contributed by atoms with E-state index in [4.69, 9.17) is 4.42 Å². The Balaban J connectivity index is 2.12. The number of H-pyrrole nitrogens is 1. The molecular formula is C15H13NO2. The van der Waals surface area contributed by atoms with Crippen LogP contribution in [0, 0.1) is 13.8 Å². The Morgan fingerprint density at radius 3 is 2.78 bits per heavy atom. The predicted octanol–water partition coefficient (Wildman–Crippen LogP) is 3.61. The van der Waals surface area contributed by atoms with E-state index in [1.54, 1.807) is 12.3 Å². The number of carbonyl (C=O) groups excluding carboxylic acids is 1. The van der Waals surface area contributed by atoms with Crippen LogP contribution in [0.5, 0.6) is 0 Å². The second-order valence-corrected chi connectivity index (χ2v) is 4.53. The first-order chi connectivity index (χ1) is 8.65. The zero-order valence-electron chi connectivity index (χ0n) is 10.3. The van der Waals surface area contributed by atoms with Gasteiger partial charge in [0, 0.05) is 22.7 Å². The number of rotatable bonds is 2. The van der Waals surface area contributed by atoms with Gasteiger partial charge in [-0.05, 0) is 31.5 Å². The van der Waals surface area contributed by atoms with Crippen molar-refractivity contribution in [2.45, 2.75) is 13.8 Å². The molecule has 90 valence electrons. The van der Waals surface area contributed by atoms with Gasteiger partial charge in [0.2, 0.25) is 0 Å². The van der Waals surface area contributed by atoms with Gasteiger partial charge in [-0.1, -0.05) is 12.1 Å². The number of nitrogens with one attached hydrogen (secondary N) is 1. The molecule has 3 rings (SSSR count). The van der Waals surface area contributed by atoms with Crippen molar-refractivity contribution in [3.8, 4) is 0 Å². The Hall–Kier alpha value is -2.29. The van der Waals surface area contributed by atoms with Crippen molar-refractivity contribution in [3.63, 3.8) is 0 Å². The smallest absolute Gasteiger partial charge is 0.198 e. The lowest BCUT2D eigenvalue weighted by Crippen LogP contribution is -1.98. The highest BCUT2D eigenvalue weighted by Gasteiger charge is 2.15. The van der Waals surface area contributed by atoms with E-state index >= 15 is 0 Å². The van der Waals surface area contributed by atoms with E-state index in [1.807, 2.05) is 32.0 Å². The molecule has 1 N–H and O–H groups in total. The van der Waals surface area contributed by atoms with Crippen LogP contribution >= 0.6 is 0 Å². The number of furan rings is 1. The van der Waals surface area contributed by atoms with Crippen LogP contribution in [0.1, 0.15) is 27.2 Å².